The van der Waals surface area contributed by atoms with E-state index in [9.17, 15) is 24.5 Å². The quantitative estimate of drug-likeness (QED) is 0.385. The van der Waals surface area contributed by atoms with Crippen LogP contribution in [0.4, 0.5) is 21.9 Å². The largest absolute Gasteiger partial charge is 0.335 e. The number of nitrogens with one attached hydrogen (secondary N) is 1. The minimum absolute atomic E-state index is 0.166. The summed E-state index contributed by atoms with van der Waals surface area (Å²) < 4.78 is 0. The second-order valence-electron chi connectivity index (χ2n) is 5.79. The molecule has 1 aliphatic heterocycles. The van der Waals surface area contributed by atoms with Gasteiger partial charge in [0.05, 0.1) is 16.3 Å². The van der Waals surface area contributed by atoms with Crippen molar-refractivity contribution in [1.29, 1.82) is 0 Å². The molecule has 0 bridgehead atoms. The number of nitro benzene ring substituents is 1. The Morgan fingerprint density at radius 3 is 2.59 bits per heavy atom. The van der Waals surface area contributed by atoms with E-state index in [1.807, 2.05) is 0 Å². The number of amides is 4. The Labute approximate surface area is 153 Å². The van der Waals surface area contributed by atoms with Gasteiger partial charge in [0.15, 0.2) is 5.92 Å². The number of nitro groups is 1. The van der Waals surface area contributed by atoms with E-state index in [2.05, 4.69) is 10.3 Å². The molecule has 1 heterocycles. The summed E-state index contributed by atoms with van der Waals surface area (Å²) in [5, 5.41) is 13.0. The number of nitrogens with zero attached hydrogens (tertiary/aromatic N) is 3. The van der Waals surface area contributed by atoms with Gasteiger partial charge >= 0.3 is 6.03 Å². The zero-order chi connectivity index (χ0) is 19.6. The maximum atomic E-state index is 12.7. The lowest BCUT2D eigenvalue weighted by Crippen LogP contribution is -2.58. The number of imide groups is 2. The second kappa shape index (κ2) is 7.16. The number of hydrogen-bond donors (Lipinski definition) is 1. The van der Waals surface area contributed by atoms with Crippen molar-refractivity contribution in [3.8, 4) is 0 Å². The number of benzene rings is 2. The van der Waals surface area contributed by atoms with Gasteiger partial charge in [-0.1, -0.05) is 24.3 Å². The predicted molar refractivity (Wildman–Crippen MR) is 96.9 cm³/mol. The average molecular weight is 366 g/mol. The highest BCUT2D eigenvalue weighted by Crippen LogP contribution is 2.24. The molecular formula is C18H14N4O5. The van der Waals surface area contributed by atoms with Gasteiger partial charge in [0.25, 0.3) is 11.6 Å². The van der Waals surface area contributed by atoms with E-state index in [1.54, 1.807) is 31.2 Å². The number of carbonyl (C=O) groups is 3. The van der Waals surface area contributed by atoms with Gasteiger partial charge in [0.2, 0.25) is 5.91 Å². The van der Waals surface area contributed by atoms with Crippen LogP contribution in [0.25, 0.3) is 0 Å². The minimum atomic E-state index is -1.33. The zero-order valence-electron chi connectivity index (χ0n) is 14.2. The molecule has 0 spiro atoms. The third-order valence-electron chi connectivity index (χ3n) is 3.97. The van der Waals surface area contributed by atoms with Crippen molar-refractivity contribution < 1.29 is 19.3 Å². The maximum absolute atomic E-state index is 12.7. The topological polar surface area (TPSA) is 122 Å². The van der Waals surface area contributed by atoms with Gasteiger partial charge in [-0.2, -0.15) is 0 Å². The highest BCUT2D eigenvalue weighted by atomic mass is 16.6. The molecule has 1 aliphatic rings. The predicted octanol–water partition coefficient (Wildman–Crippen LogP) is 2.50. The van der Waals surface area contributed by atoms with E-state index in [0.29, 0.717) is 11.3 Å². The number of barbiturate groups is 1. The molecule has 1 N–H and O–H groups in total. The Bertz CT molecular complexity index is 985. The van der Waals surface area contributed by atoms with Gasteiger partial charge in [-0.25, -0.2) is 9.69 Å². The first-order valence-corrected chi connectivity index (χ1v) is 7.91. The molecule has 0 radical (unpaired) electrons. The van der Waals surface area contributed by atoms with Crippen molar-refractivity contribution >= 4 is 41.1 Å². The molecule has 2 aromatic rings. The number of hydrogen-bond acceptors (Lipinski definition) is 6. The Morgan fingerprint density at radius 1 is 1.15 bits per heavy atom. The molecule has 0 aliphatic carbocycles. The fourth-order valence-corrected chi connectivity index (χ4v) is 2.61. The molecule has 3 rings (SSSR count). The van der Waals surface area contributed by atoms with E-state index in [0.717, 1.165) is 11.1 Å². The molecule has 1 saturated heterocycles. The first-order chi connectivity index (χ1) is 12.9. The number of aryl methyl sites for hydroxylation is 1. The normalized spacial score (nSPS) is 17.3. The highest BCUT2D eigenvalue weighted by molar-refractivity contribution is 6.32. The summed E-state index contributed by atoms with van der Waals surface area (Å²) in [5.74, 6) is -2.88. The van der Waals surface area contributed by atoms with Gasteiger partial charge in [-0.3, -0.25) is 30.0 Å². The van der Waals surface area contributed by atoms with Crippen molar-refractivity contribution in [1.82, 2.24) is 5.32 Å². The van der Waals surface area contributed by atoms with Crippen molar-refractivity contribution in [2.45, 2.75) is 6.92 Å². The summed E-state index contributed by atoms with van der Waals surface area (Å²) in [4.78, 5) is 52.1. The summed E-state index contributed by atoms with van der Waals surface area (Å²) >= 11 is 0. The third-order valence-corrected chi connectivity index (χ3v) is 3.97. The van der Waals surface area contributed by atoms with Crippen LogP contribution in [0.15, 0.2) is 53.5 Å². The Kier molecular flexibility index (Phi) is 4.75. The van der Waals surface area contributed by atoms with E-state index < -0.39 is 28.7 Å². The first-order valence-electron chi connectivity index (χ1n) is 7.91. The Morgan fingerprint density at radius 2 is 1.89 bits per heavy atom. The molecule has 1 atom stereocenters. The van der Waals surface area contributed by atoms with Crippen molar-refractivity contribution in [3.05, 3.63) is 64.2 Å². The van der Waals surface area contributed by atoms with Crippen LogP contribution in [-0.2, 0) is 9.59 Å². The molecule has 0 unspecified atom stereocenters. The second-order valence-corrected chi connectivity index (χ2v) is 5.79. The minimum Gasteiger partial charge on any atom is -0.276 e. The molecule has 4 amide bonds. The molecule has 9 nitrogen and oxygen atoms in total. The SMILES string of the molecule is Cc1ccccc1N1C(=O)NC(=O)[C@H](C=Nc2cccc([N+](=O)[O-])c2)C1=O. The number of carbonyl (C=O) groups excluding carboxylic acids is 3. The van der Waals surface area contributed by atoms with Gasteiger partial charge < -0.3 is 0 Å². The van der Waals surface area contributed by atoms with Gasteiger partial charge in [0, 0.05) is 18.3 Å². The standard InChI is InChI=1S/C18H14N4O5/c1-11-5-2-3-8-15(11)21-17(24)14(16(23)20-18(21)25)10-19-12-6-4-7-13(9-12)22(26)27/h2-10,14H,1H3,(H,20,23,25)/t14-/m0/s1. The fraction of sp³-hybridized carbons (Fsp3) is 0.111. The molecule has 0 aromatic heterocycles. The highest BCUT2D eigenvalue weighted by Gasteiger charge is 2.40. The monoisotopic (exact) mass is 366 g/mol. The Hall–Kier alpha value is -3.88. The number of rotatable bonds is 4. The average Bonchev–Trinajstić information content (AvgIpc) is 2.63. The number of para-hydroxylation sites is 1. The van der Waals surface area contributed by atoms with Crippen molar-refractivity contribution in [2.24, 2.45) is 10.9 Å². The van der Waals surface area contributed by atoms with Crippen LogP contribution < -0.4 is 10.2 Å². The zero-order valence-corrected chi connectivity index (χ0v) is 14.2. The van der Waals surface area contributed by atoms with Gasteiger partial charge in [-0.15, -0.1) is 0 Å². The van der Waals surface area contributed by atoms with Crippen LogP contribution in [0, 0.1) is 23.0 Å². The third kappa shape index (κ3) is 3.56. The van der Waals surface area contributed by atoms with Crippen molar-refractivity contribution in [3.63, 3.8) is 0 Å². The van der Waals surface area contributed by atoms with Crippen LogP contribution in [0.5, 0.6) is 0 Å². The molecule has 1 fully saturated rings. The molecule has 2 aromatic carbocycles. The lowest BCUT2D eigenvalue weighted by Gasteiger charge is -2.29. The summed E-state index contributed by atoms with van der Waals surface area (Å²) in [6.07, 6.45) is 1.08. The number of non-ortho nitro benzene ring substituents is 1. The molecule has 0 saturated carbocycles. The lowest BCUT2D eigenvalue weighted by molar-refractivity contribution is -0.384. The lowest BCUT2D eigenvalue weighted by atomic mass is 10.0. The van der Waals surface area contributed by atoms with E-state index in [4.69, 9.17) is 0 Å². The summed E-state index contributed by atoms with van der Waals surface area (Å²) in [6.45, 7) is 1.73. The first kappa shape index (κ1) is 17.9. The molecule has 9 heteroatoms. The summed E-state index contributed by atoms with van der Waals surface area (Å²) in [5.41, 5.74) is 1.09. The van der Waals surface area contributed by atoms with Crippen LogP contribution in [0.1, 0.15) is 5.56 Å². The maximum Gasteiger partial charge on any atom is 0.335 e. The molecular weight excluding hydrogens is 352 g/mol. The smallest absolute Gasteiger partial charge is 0.276 e. The summed E-state index contributed by atoms with van der Waals surface area (Å²) in [7, 11) is 0. The Balaban J connectivity index is 1.91. The van der Waals surface area contributed by atoms with E-state index in [-0.39, 0.29) is 11.4 Å². The number of aliphatic imine (C=N–C) groups is 1. The van der Waals surface area contributed by atoms with E-state index in [1.165, 1.54) is 24.3 Å². The van der Waals surface area contributed by atoms with Crippen LogP contribution in [-0.4, -0.2) is 29.0 Å². The van der Waals surface area contributed by atoms with Crippen molar-refractivity contribution in [2.75, 3.05) is 4.90 Å². The van der Waals surface area contributed by atoms with Crippen LogP contribution >= 0.6 is 0 Å². The van der Waals surface area contributed by atoms with Crippen LogP contribution in [0.3, 0.4) is 0 Å². The van der Waals surface area contributed by atoms with Gasteiger partial charge in [-0.05, 0) is 24.6 Å². The van der Waals surface area contributed by atoms with Gasteiger partial charge in [0.1, 0.15) is 0 Å². The van der Waals surface area contributed by atoms with Crippen LogP contribution in [0.2, 0.25) is 0 Å². The molecule has 27 heavy (non-hydrogen) atoms. The number of anilines is 1. The van der Waals surface area contributed by atoms with E-state index >= 15 is 0 Å². The molecule has 136 valence electrons. The summed E-state index contributed by atoms with van der Waals surface area (Å²) in [6, 6.07) is 11.4. The fourth-order valence-electron chi connectivity index (χ4n) is 2.61. The number of urea groups is 1.